The molecule has 0 spiro atoms. The molecular weight excluding hydrogens is 320 g/mol. The Bertz CT molecular complexity index is 707. The summed E-state index contributed by atoms with van der Waals surface area (Å²) in [6.07, 6.45) is 0. The number of carbonyl (C=O) groups excluding carboxylic acids is 2. The number of amides is 1. The topological polar surface area (TPSA) is 37.4 Å². The third kappa shape index (κ3) is 4.63. The van der Waals surface area contributed by atoms with Gasteiger partial charge in [-0.05, 0) is 12.1 Å². The maximum atomic E-state index is 13.2. The Hall–Kier alpha value is -2.21. The standard InChI is InChI=1S/C17H15F2NO2S/c1-20(13-7-8-14(18)15(19)9-13)17(22)11-23-10-16(21)12-5-3-2-4-6-12/h2-9H,10-11H2,1H3. The number of carbonyl (C=O) groups is 2. The number of hydrogen-bond donors (Lipinski definition) is 0. The van der Waals surface area contributed by atoms with Crippen LogP contribution in [-0.2, 0) is 4.79 Å². The van der Waals surface area contributed by atoms with Gasteiger partial charge in [0.1, 0.15) is 0 Å². The monoisotopic (exact) mass is 335 g/mol. The summed E-state index contributed by atoms with van der Waals surface area (Å²) >= 11 is 1.19. The molecule has 1 amide bonds. The van der Waals surface area contributed by atoms with E-state index < -0.39 is 11.6 Å². The predicted octanol–water partition coefficient (Wildman–Crippen LogP) is 3.54. The number of halogens is 2. The van der Waals surface area contributed by atoms with Crippen LogP contribution in [0.1, 0.15) is 10.4 Å². The van der Waals surface area contributed by atoms with Gasteiger partial charge in [-0.15, -0.1) is 11.8 Å². The van der Waals surface area contributed by atoms with Crippen molar-refractivity contribution in [1.82, 2.24) is 0 Å². The minimum Gasteiger partial charge on any atom is -0.315 e. The SMILES string of the molecule is CN(C(=O)CSCC(=O)c1ccccc1)c1ccc(F)c(F)c1. The fourth-order valence-corrected chi connectivity index (χ4v) is 2.70. The molecule has 120 valence electrons. The summed E-state index contributed by atoms with van der Waals surface area (Å²) < 4.78 is 26.1. The fraction of sp³-hybridized carbons (Fsp3) is 0.176. The number of thioether (sulfide) groups is 1. The molecule has 0 aliphatic heterocycles. The maximum Gasteiger partial charge on any atom is 0.236 e. The van der Waals surface area contributed by atoms with E-state index >= 15 is 0 Å². The lowest BCUT2D eigenvalue weighted by atomic mass is 10.2. The number of rotatable bonds is 6. The number of Topliss-reactive ketones (excluding diaryl/α,β-unsaturated/α-hetero) is 1. The normalized spacial score (nSPS) is 10.4. The predicted molar refractivity (Wildman–Crippen MR) is 87.9 cm³/mol. The summed E-state index contributed by atoms with van der Waals surface area (Å²) in [5.74, 6) is -2.05. The van der Waals surface area contributed by atoms with Crippen molar-refractivity contribution in [3.8, 4) is 0 Å². The molecule has 0 atom stereocenters. The van der Waals surface area contributed by atoms with Gasteiger partial charge in [0.25, 0.3) is 0 Å². The molecule has 0 heterocycles. The average Bonchev–Trinajstić information content (AvgIpc) is 2.57. The molecule has 0 saturated carbocycles. The smallest absolute Gasteiger partial charge is 0.236 e. The van der Waals surface area contributed by atoms with Crippen LogP contribution in [0.5, 0.6) is 0 Å². The van der Waals surface area contributed by atoms with Gasteiger partial charge in [-0.1, -0.05) is 30.3 Å². The van der Waals surface area contributed by atoms with E-state index in [9.17, 15) is 18.4 Å². The lowest BCUT2D eigenvalue weighted by Gasteiger charge is -2.17. The van der Waals surface area contributed by atoms with Gasteiger partial charge in [-0.25, -0.2) is 8.78 Å². The molecule has 3 nitrogen and oxygen atoms in total. The van der Waals surface area contributed by atoms with E-state index in [-0.39, 0.29) is 28.9 Å². The summed E-state index contributed by atoms with van der Waals surface area (Å²) in [6.45, 7) is 0. The molecule has 0 bridgehead atoms. The molecule has 23 heavy (non-hydrogen) atoms. The summed E-state index contributed by atoms with van der Waals surface area (Å²) in [4.78, 5) is 25.2. The zero-order valence-electron chi connectivity index (χ0n) is 12.5. The molecule has 0 radical (unpaired) electrons. The molecule has 0 unspecified atom stereocenters. The Labute approximate surface area is 137 Å². The van der Waals surface area contributed by atoms with E-state index in [0.29, 0.717) is 5.56 Å². The van der Waals surface area contributed by atoms with Crippen molar-refractivity contribution in [1.29, 1.82) is 0 Å². The Morgan fingerprint density at radius 3 is 2.35 bits per heavy atom. The Morgan fingerprint density at radius 2 is 1.70 bits per heavy atom. The van der Waals surface area contributed by atoms with E-state index in [1.165, 1.54) is 29.8 Å². The van der Waals surface area contributed by atoms with E-state index in [1.54, 1.807) is 24.3 Å². The average molecular weight is 335 g/mol. The first-order valence-electron chi connectivity index (χ1n) is 6.86. The van der Waals surface area contributed by atoms with E-state index in [4.69, 9.17) is 0 Å². The lowest BCUT2D eigenvalue weighted by Crippen LogP contribution is -2.28. The van der Waals surface area contributed by atoms with Crippen LogP contribution in [0.3, 0.4) is 0 Å². The highest BCUT2D eigenvalue weighted by molar-refractivity contribution is 8.00. The third-order valence-corrected chi connectivity index (χ3v) is 4.14. The summed E-state index contributed by atoms with van der Waals surface area (Å²) in [6, 6.07) is 12.1. The van der Waals surface area contributed by atoms with Crippen molar-refractivity contribution in [2.45, 2.75) is 0 Å². The van der Waals surface area contributed by atoms with Crippen LogP contribution in [0, 0.1) is 11.6 Å². The quantitative estimate of drug-likeness (QED) is 0.758. The van der Waals surface area contributed by atoms with E-state index in [0.717, 1.165) is 12.1 Å². The number of hydrogen-bond acceptors (Lipinski definition) is 3. The van der Waals surface area contributed by atoms with Gasteiger partial charge < -0.3 is 4.90 Å². The van der Waals surface area contributed by atoms with Crippen LogP contribution in [0.15, 0.2) is 48.5 Å². The molecule has 0 aliphatic carbocycles. The minimum absolute atomic E-state index is 0.0566. The highest BCUT2D eigenvalue weighted by Crippen LogP contribution is 2.18. The van der Waals surface area contributed by atoms with Gasteiger partial charge in [0, 0.05) is 24.4 Å². The second-order valence-corrected chi connectivity index (χ2v) is 5.82. The van der Waals surface area contributed by atoms with Gasteiger partial charge in [0.05, 0.1) is 11.5 Å². The first kappa shape index (κ1) is 17.1. The van der Waals surface area contributed by atoms with Crippen molar-refractivity contribution in [2.24, 2.45) is 0 Å². The number of benzene rings is 2. The molecule has 2 rings (SSSR count). The van der Waals surface area contributed by atoms with Gasteiger partial charge in [-0.2, -0.15) is 0 Å². The molecule has 0 aromatic heterocycles. The van der Waals surface area contributed by atoms with Crippen molar-refractivity contribution in [2.75, 3.05) is 23.5 Å². The van der Waals surface area contributed by atoms with Crippen LogP contribution in [-0.4, -0.2) is 30.2 Å². The Morgan fingerprint density at radius 1 is 1.00 bits per heavy atom. The van der Waals surface area contributed by atoms with Crippen LogP contribution >= 0.6 is 11.8 Å². The van der Waals surface area contributed by atoms with Crippen molar-refractivity contribution in [3.63, 3.8) is 0 Å². The minimum atomic E-state index is -1.01. The molecule has 0 fully saturated rings. The second-order valence-electron chi connectivity index (χ2n) is 4.83. The van der Waals surface area contributed by atoms with Crippen LogP contribution in [0.4, 0.5) is 14.5 Å². The molecule has 0 N–H and O–H groups in total. The van der Waals surface area contributed by atoms with Crippen molar-refractivity contribution >= 4 is 29.1 Å². The number of anilines is 1. The maximum absolute atomic E-state index is 13.2. The van der Waals surface area contributed by atoms with Crippen LogP contribution < -0.4 is 4.90 Å². The molecule has 0 aliphatic rings. The molecule has 6 heteroatoms. The zero-order chi connectivity index (χ0) is 16.8. The van der Waals surface area contributed by atoms with Crippen molar-refractivity contribution in [3.05, 3.63) is 65.7 Å². The summed E-state index contributed by atoms with van der Waals surface area (Å²) in [7, 11) is 1.48. The highest BCUT2D eigenvalue weighted by atomic mass is 32.2. The van der Waals surface area contributed by atoms with Gasteiger partial charge in [-0.3, -0.25) is 9.59 Å². The van der Waals surface area contributed by atoms with Gasteiger partial charge in [0.2, 0.25) is 5.91 Å². The van der Waals surface area contributed by atoms with Crippen LogP contribution in [0.25, 0.3) is 0 Å². The largest absolute Gasteiger partial charge is 0.315 e. The second kappa shape index (κ2) is 7.87. The lowest BCUT2D eigenvalue weighted by molar-refractivity contribution is -0.115. The fourth-order valence-electron chi connectivity index (χ4n) is 1.87. The molecular formula is C17H15F2NO2S. The third-order valence-electron chi connectivity index (χ3n) is 3.22. The molecule has 2 aromatic carbocycles. The Balaban J connectivity index is 1.87. The first-order chi connectivity index (χ1) is 11.0. The molecule has 0 saturated heterocycles. The molecule has 2 aromatic rings. The summed E-state index contributed by atoms with van der Waals surface area (Å²) in [5.41, 5.74) is 0.866. The zero-order valence-corrected chi connectivity index (χ0v) is 13.3. The van der Waals surface area contributed by atoms with Crippen LogP contribution in [0.2, 0.25) is 0 Å². The van der Waals surface area contributed by atoms with E-state index in [1.807, 2.05) is 6.07 Å². The Kier molecular flexibility index (Phi) is 5.87. The summed E-state index contributed by atoms with van der Waals surface area (Å²) in [5, 5.41) is 0. The van der Waals surface area contributed by atoms with E-state index in [2.05, 4.69) is 0 Å². The number of ketones is 1. The first-order valence-corrected chi connectivity index (χ1v) is 8.02. The van der Waals surface area contributed by atoms with Gasteiger partial charge in [0.15, 0.2) is 17.4 Å². The highest BCUT2D eigenvalue weighted by Gasteiger charge is 2.14. The van der Waals surface area contributed by atoms with Gasteiger partial charge >= 0.3 is 0 Å². The van der Waals surface area contributed by atoms with Crippen molar-refractivity contribution < 1.29 is 18.4 Å². The number of nitrogens with zero attached hydrogens (tertiary/aromatic N) is 1.